The van der Waals surface area contributed by atoms with E-state index in [1.807, 2.05) is 0 Å². The zero-order chi connectivity index (χ0) is 11.8. The second-order valence-electron chi connectivity index (χ2n) is 2.62. The Balaban J connectivity index is 3.47. The smallest absolute Gasteiger partial charge is 0.205 e. The molecule has 0 nitrogen and oxygen atoms in total. The maximum absolute atomic E-state index is 12.4. The fraction of sp³-hybridized carbons (Fsp3) is 0.250. The largest absolute Gasteiger partial charge is 0.416 e. The number of hydrogen-bond donors (Lipinski definition) is 0. The van der Waals surface area contributed by atoms with E-state index >= 15 is 0 Å². The second kappa shape index (κ2) is 4.14. The Hall–Kier alpha value is -0.550. The van der Waals surface area contributed by atoms with Gasteiger partial charge in [0, 0.05) is 0 Å². The van der Waals surface area contributed by atoms with Crippen molar-refractivity contribution in [3.63, 3.8) is 0 Å². The quantitative estimate of drug-likeness (QED) is 0.630. The summed E-state index contributed by atoms with van der Waals surface area (Å²) in [6.07, 6.45) is -8.20. The maximum atomic E-state index is 12.4. The number of halogens is 7. The molecule has 1 rings (SSSR count). The Morgan fingerprint density at radius 2 is 1.60 bits per heavy atom. The van der Waals surface area contributed by atoms with Crippen LogP contribution in [0.1, 0.15) is 17.6 Å². The minimum Gasteiger partial charge on any atom is -0.205 e. The Morgan fingerprint density at radius 1 is 1.07 bits per heavy atom. The van der Waals surface area contributed by atoms with E-state index in [0.29, 0.717) is 6.07 Å². The standard InChI is InChI=1S/C8H3Cl2F5/c9-4-2-1-3(8(13,14)15)5(6(4)10)7(11)12/h1-2,7H. The molecule has 84 valence electrons. The normalized spacial score (nSPS) is 12.3. The van der Waals surface area contributed by atoms with E-state index in [0.717, 1.165) is 6.07 Å². The van der Waals surface area contributed by atoms with Crippen LogP contribution in [0.3, 0.4) is 0 Å². The van der Waals surface area contributed by atoms with Crippen LogP contribution in [0.25, 0.3) is 0 Å². The highest BCUT2D eigenvalue weighted by atomic mass is 35.5. The van der Waals surface area contributed by atoms with Crippen LogP contribution in [0.2, 0.25) is 10.0 Å². The van der Waals surface area contributed by atoms with Gasteiger partial charge in [-0.25, -0.2) is 8.78 Å². The SMILES string of the molecule is FC(F)c1c(C(F)(F)F)ccc(Cl)c1Cl. The molecule has 15 heavy (non-hydrogen) atoms. The van der Waals surface area contributed by atoms with Crippen LogP contribution in [0, 0.1) is 0 Å². The zero-order valence-electron chi connectivity index (χ0n) is 6.88. The van der Waals surface area contributed by atoms with E-state index in [9.17, 15) is 22.0 Å². The summed E-state index contributed by atoms with van der Waals surface area (Å²) < 4.78 is 61.6. The van der Waals surface area contributed by atoms with Gasteiger partial charge in [-0.1, -0.05) is 23.2 Å². The highest BCUT2D eigenvalue weighted by Gasteiger charge is 2.37. The van der Waals surface area contributed by atoms with E-state index < -0.39 is 28.8 Å². The predicted octanol–water partition coefficient (Wildman–Crippen LogP) is 4.95. The molecule has 0 radical (unpaired) electrons. The molecular formula is C8H3Cl2F5. The van der Waals surface area contributed by atoms with Gasteiger partial charge in [0.2, 0.25) is 0 Å². The average Bonchev–Trinajstić information content (AvgIpc) is 2.06. The van der Waals surface area contributed by atoms with Crippen molar-refractivity contribution in [3.05, 3.63) is 33.3 Å². The van der Waals surface area contributed by atoms with Crippen molar-refractivity contribution < 1.29 is 22.0 Å². The van der Waals surface area contributed by atoms with Gasteiger partial charge in [0.25, 0.3) is 6.43 Å². The highest BCUT2D eigenvalue weighted by molar-refractivity contribution is 6.42. The highest BCUT2D eigenvalue weighted by Crippen LogP contribution is 2.42. The van der Waals surface area contributed by atoms with Crippen molar-refractivity contribution in [1.82, 2.24) is 0 Å². The van der Waals surface area contributed by atoms with E-state index in [2.05, 4.69) is 0 Å². The molecular weight excluding hydrogens is 262 g/mol. The average molecular weight is 265 g/mol. The molecule has 7 heteroatoms. The van der Waals surface area contributed by atoms with Crippen molar-refractivity contribution in [2.24, 2.45) is 0 Å². The van der Waals surface area contributed by atoms with Gasteiger partial charge < -0.3 is 0 Å². The van der Waals surface area contributed by atoms with Crippen molar-refractivity contribution in [3.8, 4) is 0 Å². The third-order valence-electron chi connectivity index (χ3n) is 1.66. The first kappa shape index (κ1) is 12.5. The van der Waals surface area contributed by atoms with E-state index in [1.54, 1.807) is 0 Å². The number of benzene rings is 1. The van der Waals surface area contributed by atoms with Gasteiger partial charge >= 0.3 is 6.18 Å². The molecule has 0 aliphatic heterocycles. The molecule has 0 saturated heterocycles. The number of alkyl halides is 5. The molecule has 0 unspecified atom stereocenters. The second-order valence-corrected chi connectivity index (χ2v) is 3.41. The Bertz CT molecular complexity index is 372. The summed E-state index contributed by atoms with van der Waals surface area (Å²) in [4.78, 5) is 0. The van der Waals surface area contributed by atoms with E-state index in [4.69, 9.17) is 23.2 Å². The minimum atomic E-state index is -4.88. The van der Waals surface area contributed by atoms with Gasteiger partial charge in [-0.05, 0) is 12.1 Å². The molecule has 0 heterocycles. The molecule has 0 aliphatic rings. The lowest BCUT2D eigenvalue weighted by Gasteiger charge is -2.14. The van der Waals surface area contributed by atoms with E-state index in [1.165, 1.54) is 0 Å². The first-order chi connectivity index (χ1) is 6.75. The van der Waals surface area contributed by atoms with Crippen LogP contribution in [0.15, 0.2) is 12.1 Å². The summed E-state index contributed by atoms with van der Waals surface area (Å²) in [5.74, 6) is 0. The molecule has 0 fully saturated rings. The van der Waals surface area contributed by atoms with Gasteiger partial charge in [-0.2, -0.15) is 13.2 Å². The minimum absolute atomic E-state index is 0.333. The lowest BCUT2D eigenvalue weighted by Crippen LogP contribution is -2.10. The lowest BCUT2D eigenvalue weighted by molar-refractivity contribution is -0.139. The van der Waals surface area contributed by atoms with Crippen LogP contribution in [-0.4, -0.2) is 0 Å². The summed E-state index contributed by atoms with van der Waals surface area (Å²) in [6, 6.07) is 1.31. The monoisotopic (exact) mass is 264 g/mol. The third-order valence-corrected chi connectivity index (χ3v) is 2.48. The fourth-order valence-electron chi connectivity index (χ4n) is 1.03. The fourth-order valence-corrected chi connectivity index (χ4v) is 1.44. The molecule has 1 aromatic carbocycles. The molecule has 0 bridgehead atoms. The topological polar surface area (TPSA) is 0 Å². The van der Waals surface area contributed by atoms with Crippen LogP contribution >= 0.6 is 23.2 Å². The molecule has 0 aromatic heterocycles. The maximum Gasteiger partial charge on any atom is 0.416 e. The summed E-state index contributed by atoms with van der Waals surface area (Å²) in [6.45, 7) is 0. The van der Waals surface area contributed by atoms with Gasteiger partial charge in [0.05, 0.1) is 21.2 Å². The predicted molar refractivity (Wildman–Crippen MR) is 46.4 cm³/mol. The van der Waals surface area contributed by atoms with Crippen LogP contribution < -0.4 is 0 Å². The van der Waals surface area contributed by atoms with Crippen molar-refractivity contribution in [2.75, 3.05) is 0 Å². The number of hydrogen-bond acceptors (Lipinski definition) is 0. The van der Waals surface area contributed by atoms with Crippen molar-refractivity contribution in [1.29, 1.82) is 0 Å². The van der Waals surface area contributed by atoms with Crippen molar-refractivity contribution in [2.45, 2.75) is 12.6 Å². The van der Waals surface area contributed by atoms with Gasteiger partial charge in [0.1, 0.15) is 0 Å². The summed E-state index contributed by atoms with van der Waals surface area (Å²) in [7, 11) is 0. The van der Waals surface area contributed by atoms with Gasteiger partial charge in [-0.15, -0.1) is 0 Å². The Labute approximate surface area is 91.6 Å². The van der Waals surface area contributed by atoms with Crippen LogP contribution in [0.4, 0.5) is 22.0 Å². The summed E-state index contributed by atoms with van der Waals surface area (Å²) in [5.41, 5.74) is -2.75. The molecule has 0 N–H and O–H groups in total. The Morgan fingerprint density at radius 3 is 2.00 bits per heavy atom. The molecule has 0 saturated carbocycles. The zero-order valence-corrected chi connectivity index (χ0v) is 8.39. The molecule has 1 aromatic rings. The first-order valence-corrected chi connectivity index (χ1v) is 4.34. The first-order valence-electron chi connectivity index (χ1n) is 3.58. The van der Waals surface area contributed by atoms with Gasteiger partial charge in [-0.3, -0.25) is 0 Å². The lowest BCUT2D eigenvalue weighted by atomic mass is 10.1. The van der Waals surface area contributed by atoms with Crippen LogP contribution in [0.5, 0.6) is 0 Å². The summed E-state index contributed by atoms with van der Waals surface area (Å²) >= 11 is 10.6. The number of rotatable bonds is 1. The molecule has 0 aliphatic carbocycles. The molecule has 0 atom stereocenters. The van der Waals surface area contributed by atoms with Crippen LogP contribution in [-0.2, 0) is 6.18 Å². The summed E-state index contributed by atoms with van der Waals surface area (Å²) in [5, 5.41) is -1.10. The van der Waals surface area contributed by atoms with Gasteiger partial charge in [0.15, 0.2) is 0 Å². The molecule has 0 amide bonds. The van der Waals surface area contributed by atoms with E-state index in [-0.39, 0.29) is 5.02 Å². The molecule has 0 spiro atoms. The van der Waals surface area contributed by atoms with Crippen molar-refractivity contribution >= 4 is 23.2 Å². The third kappa shape index (κ3) is 2.52. The Kier molecular flexibility index (Phi) is 3.45.